The first-order chi connectivity index (χ1) is 15.6. The number of aryl methyl sites for hydroxylation is 1. The molecule has 0 aliphatic heterocycles. The van der Waals surface area contributed by atoms with Gasteiger partial charge in [-0.25, -0.2) is 0 Å². The van der Waals surface area contributed by atoms with Crippen LogP contribution in [0.25, 0.3) is 10.9 Å². The summed E-state index contributed by atoms with van der Waals surface area (Å²) < 4.78 is 14.2. The molecule has 174 valence electrons. The van der Waals surface area contributed by atoms with Crippen molar-refractivity contribution in [1.82, 2.24) is 14.8 Å². The molecule has 3 aromatic rings. The normalized spacial score (nSPS) is 13.2. The number of carbonyl (C=O) groups excluding carboxylic acids is 2. The molecule has 1 N–H and O–H groups in total. The summed E-state index contributed by atoms with van der Waals surface area (Å²) in [7, 11) is 5.01. The van der Waals surface area contributed by atoms with Crippen LogP contribution in [-0.4, -0.2) is 65.1 Å². The number of rotatable bonds is 9. The van der Waals surface area contributed by atoms with Crippen molar-refractivity contribution in [2.24, 2.45) is 0 Å². The van der Waals surface area contributed by atoms with Crippen molar-refractivity contribution in [3.05, 3.63) is 75.2 Å². The topological polar surface area (TPSA) is 99.5 Å². The average Bonchev–Trinajstić information content (AvgIpc) is 3.17. The fraction of sp³-hybridized carbons (Fsp3) is 0.333. The summed E-state index contributed by atoms with van der Waals surface area (Å²) >= 11 is 0. The number of nitrogens with one attached hydrogen (secondary N) is 1. The van der Waals surface area contributed by atoms with Gasteiger partial charge in [-0.05, 0) is 57.1 Å². The van der Waals surface area contributed by atoms with Crippen LogP contribution < -0.4 is 0 Å². The molecule has 2 atom stereocenters. The summed E-state index contributed by atoms with van der Waals surface area (Å²) in [6.07, 6.45) is 2.79. The van der Waals surface area contributed by atoms with E-state index >= 15 is 0 Å². The van der Waals surface area contributed by atoms with E-state index in [0.717, 1.165) is 23.5 Å². The Morgan fingerprint density at radius 2 is 1.94 bits per heavy atom. The van der Waals surface area contributed by atoms with E-state index in [0.29, 0.717) is 17.5 Å². The second-order valence-corrected chi connectivity index (χ2v) is 8.42. The summed E-state index contributed by atoms with van der Waals surface area (Å²) in [5.41, 5.74) is 2.26. The molecule has 0 fully saturated rings. The van der Waals surface area contributed by atoms with E-state index in [4.69, 9.17) is 0 Å². The molecule has 0 saturated heterocycles. The molecule has 0 radical (unpaired) electrons. The second kappa shape index (κ2) is 9.91. The summed E-state index contributed by atoms with van der Waals surface area (Å²) in [6.45, 7) is 1.96. The van der Waals surface area contributed by atoms with Gasteiger partial charge in [0.15, 0.2) is 0 Å². The number of likely N-dealkylation sites (N-methyl/N-ethyl adjacent to an activating group) is 2. The zero-order chi connectivity index (χ0) is 24.3. The smallest absolute Gasteiger partial charge is 0.314 e. The molecule has 0 aliphatic carbocycles. The summed E-state index contributed by atoms with van der Waals surface area (Å²) in [5.74, 6) is -1.24. The number of nitro groups is 1. The van der Waals surface area contributed by atoms with Crippen molar-refractivity contribution in [3.63, 3.8) is 0 Å². The maximum atomic E-state index is 14.2. The van der Waals surface area contributed by atoms with Crippen molar-refractivity contribution in [1.29, 1.82) is 0 Å². The van der Waals surface area contributed by atoms with Crippen LogP contribution in [0.2, 0.25) is 0 Å². The van der Waals surface area contributed by atoms with Crippen LogP contribution in [0, 0.1) is 22.9 Å². The molecule has 1 aromatic heterocycles. The maximum absolute atomic E-state index is 14.2. The number of carbonyl (C=O) groups is 2. The molecular weight excluding hydrogens is 427 g/mol. The highest BCUT2D eigenvalue weighted by atomic mass is 19.1. The Labute approximate surface area is 191 Å². The van der Waals surface area contributed by atoms with Crippen LogP contribution in [0.5, 0.6) is 0 Å². The lowest BCUT2D eigenvalue weighted by Crippen LogP contribution is -2.50. The Kier molecular flexibility index (Phi) is 7.23. The van der Waals surface area contributed by atoms with E-state index in [-0.39, 0.29) is 17.7 Å². The van der Waals surface area contributed by atoms with E-state index in [9.17, 15) is 24.1 Å². The highest BCUT2D eigenvalue weighted by molar-refractivity contribution is 5.93. The number of fused-ring (bicyclic) bond motifs is 1. The SMILES string of the molecule is Cc1cccc(CC(C=O)N(C)C(=O)C(Cc2c[nH]c3ccc(F)c([N+](=O)[O-])c23)N(C)C)c1. The van der Waals surface area contributed by atoms with Gasteiger partial charge in [0.2, 0.25) is 11.7 Å². The predicted octanol–water partition coefficient (Wildman–Crippen LogP) is 3.26. The summed E-state index contributed by atoms with van der Waals surface area (Å²) in [5, 5.41) is 11.6. The Bertz CT molecular complexity index is 1190. The Hall–Kier alpha value is -3.59. The Morgan fingerprint density at radius 3 is 2.55 bits per heavy atom. The van der Waals surface area contributed by atoms with Gasteiger partial charge in [-0.3, -0.25) is 19.8 Å². The van der Waals surface area contributed by atoms with Gasteiger partial charge >= 0.3 is 5.69 Å². The van der Waals surface area contributed by atoms with Crippen molar-refractivity contribution in [2.75, 3.05) is 21.1 Å². The van der Waals surface area contributed by atoms with Crippen molar-refractivity contribution in [2.45, 2.75) is 31.8 Å². The van der Waals surface area contributed by atoms with E-state index in [1.807, 2.05) is 31.2 Å². The number of hydrogen-bond donors (Lipinski definition) is 1. The van der Waals surface area contributed by atoms with Crippen LogP contribution in [-0.2, 0) is 22.4 Å². The number of hydrogen-bond acceptors (Lipinski definition) is 5. The van der Waals surface area contributed by atoms with Crippen LogP contribution >= 0.6 is 0 Å². The quantitative estimate of drug-likeness (QED) is 0.304. The van der Waals surface area contributed by atoms with Gasteiger partial charge in [0.05, 0.1) is 27.9 Å². The average molecular weight is 455 g/mol. The van der Waals surface area contributed by atoms with Crippen LogP contribution in [0.1, 0.15) is 16.7 Å². The second-order valence-electron chi connectivity index (χ2n) is 8.42. The fourth-order valence-electron chi connectivity index (χ4n) is 4.04. The van der Waals surface area contributed by atoms with E-state index in [1.54, 1.807) is 32.2 Å². The van der Waals surface area contributed by atoms with E-state index < -0.39 is 28.5 Å². The Morgan fingerprint density at radius 1 is 1.21 bits per heavy atom. The molecule has 8 nitrogen and oxygen atoms in total. The highest BCUT2D eigenvalue weighted by Gasteiger charge is 2.31. The van der Waals surface area contributed by atoms with Gasteiger partial charge in [0, 0.05) is 13.2 Å². The monoisotopic (exact) mass is 454 g/mol. The van der Waals surface area contributed by atoms with Crippen LogP contribution in [0.3, 0.4) is 0 Å². The molecule has 0 saturated carbocycles. The third kappa shape index (κ3) is 5.09. The van der Waals surface area contributed by atoms with Crippen molar-refractivity contribution >= 4 is 28.8 Å². The number of aromatic amines is 1. The first kappa shape index (κ1) is 24.1. The van der Waals surface area contributed by atoms with Gasteiger partial charge in [0.25, 0.3) is 0 Å². The fourth-order valence-corrected chi connectivity index (χ4v) is 4.04. The number of amides is 1. The predicted molar refractivity (Wildman–Crippen MR) is 124 cm³/mol. The molecule has 0 aliphatic rings. The summed E-state index contributed by atoms with van der Waals surface area (Å²) in [4.78, 5) is 42.0. The first-order valence-electron chi connectivity index (χ1n) is 10.5. The van der Waals surface area contributed by atoms with Gasteiger partial charge in [-0.2, -0.15) is 4.39 Å². The minimum atomic E-state index is -0.933. The largest absolute Gasteiger partial charge is 0.361 e. The van der Waals surface area contributed by atoms with Gasteiger partial charge in [-0.1, -0.05) is 29.8 Å². The van der Waals surface area contributed by atoms with E-state index in [1.165, 1.54) is 11.0 Å². The molecule has 1 amide bonds. The molecular formula is C24H27FN4O4. The van der Waals surface area contributed by atoms with Crippen molar-refractivity contribution in [3.8, 4) is 0 Å². The minimum Gasteiger partial charge on any atom is -0.361 e. The third-order valence-electron chi connectivity index (χ3n) is 5.89. The maximum Gasteiger partial charge on any atom is 0.314 e. The standard InChI is InChI=1S/C24H27FN4O4/c1-15-6-5-7-16(10-15)11-18(14-30)28(4)24(31)21(27(2)3)12-17-13-26-20-9-8-19(25)23(22(17)20)29(32)33/h5-10,13-14,18,21,26H,11-12H2,1-4H3. The first-order valence-corrected chi connectivity index (χ1v) is 10.5. The molecule has 0 bridgehead atoms. The number of aldehydes is 1. The van der Waals surface area contributed by atoms with Gasteiger partial charge in [0.1, 0.15) is 6.29 Å². The number of aromatic nitrogens is 1. The van der Waals surface area contributed by atoms with Gasteiger partial charge < -0.3 is 14.7 Å². The third-order valence-corrected chi connectivity index (χ3v) is 5.89. The number of benzene rings is 2. The number of nitro benzene ring substituents is 1. The van der Waals surface area contributed by atoms with Gasteiger partial charge in [-0.15, -0.1) is 0 Å². The molecule has 9 heteroatoms. The molecule has 0 spiro atoms. The number of halogens is 1. The van der Waals surface area contributed by atoms with Crippen LogP contribution in [0.4, 0.5) is 10.1 Å². The van der Waals surface area contributed by atoms with Crippen LogP contribution in [0.15, 0.2) is 42.6 Å². The molecule has 2 aromatic carbocycles. The zero-order valence-electron chi connectivity index (χ0n) is 19.0. The lowest BCUT2D eigenvalue weighted by Gasteiger charge is -2.31. The summed E-state index contributed by atoms with van der Waals surface area (Å²) in [6, 6.07) is 8.84. The van der Waals surface area contributed by atoms with E-state index in [2.05, 4.69) is 4.98 Å². The number of nitrogens with zero attached hydrogens (tertiary/aromatic N) is 3. The molecule has 1 heterocycles. The Balaban J connectivity index is 1.90. The lowest BCUT2D eigenvalue weighted by atomic mass is 10.00. The zero-order valence-corrected chi connectivity index (χ0v) is 19.0. The highest BCUT2D eigenvalue weighted by Crippen LogP contribution is 2.32. The molecule has 33 heavy (non-hydrogen) atoms. The molecule has 3 rings (SSSR count). The van der Waals surface area contributed by atoms with Crippen molar-refractivity contribution < 1.29 is 18.9 Å². The lowest BCUT2D eigenvalue weighted by molar-refractivity contribution is -0.385. The minimum absolute atomic E-state index is 0.108. The molecule has 2 unspecified atom stereocenters. The number of H-pyrrole nitrogens is 1.